The standard InChI is InChI=1S/C22H29N3O3S.ClH/c1-15-11-18-13-20(29(26,27)24-2)14-19(22(18)28-15)12-17-9-6-10-25(23)21(17)16-7-4-3-5-8-16;/h3-5,7-8,13-15,17,21,24H,6,9-12,23H2,1-2H3;1H/t15-,17-,21?;/m0./s1. The van der Waals surface area contributed by atoms with Gasteiger partial charge in [0.15, 0.2) is 0 Å². The Labute approximate surface area is 185 Å². The second kappa shape index (κ2) is 9.24. The van der Waals surface area contributed by atoms with Crippen LogP contribution in [0.3, 0.4) is 0 Å². The first-order valence-electron chi connectivity index (χ1n) is 10.2. The monoisotopic (exact) mass is 451 g/mol. The van der Waals surface area contributed by atoms with E-state index in [1.807, 2.05) is 30.1 Å². The molecule has 4 rings (SSSR count). The summed E-state index contributed by atoms with van der Waals surface area (Å²) in [6, 6.07) is 14.0. The normalized spacial score (nSPS) is 24.0. The van der Waals surface area contributed by atoms with Gasteiger partial charge in [0.05, 0.1) is 10.9 Å². The highest BCUT2D eigenvalue weighted by molar-refractivity contribution is 7.89. The van der Waals surface area contributed by atoms with Crippen molar-refractivity contribution >= 4 is 22.4 Å². The molecule has 0 saturated carbocycles. The molecule has 3 N–H and O–H groups in total. The van der Waals surface area contributed by atoms with Crippen molar-refractivity contribution in [2.24, 2.45) is 11.8 Å². The fourth-order valence-electron chi connectivity index (χ4n) is 4.72. The molecule has 8 heteroatoms. The van der Waals surface area contributed by atoms with Crippen LogP contribution in [0.15, 0.2) is 47.4 Å². The van der Waals surface area contributed by atoms with Crippen molar-refractivity contribution in [2.45, 2.75) is 49.6 Å². The van der Waals surface area contributed by atoms with Crippen LogP contribution < -0.4 is 15.3 Å². The van der Waals surface area contributed by atoms with Crippen LogP contribution in [0, 0.1) is 5.92 Å². The van der Waals surface area contributed by atoms with E-state index in [0.717, 1.165) is 49.1 Å². The fourth-order valence-corrected chi connectivity index (χ4v) is 5.55. The first-order valence-corrected chi connectivity index (χ1v) is 11.7. The number of sulfonamides is 1. The van der Waals surface area contributed by atoms with Gasteiger partial charge in [0.25, 0.3) is 0 Å². The van der Waals surface area contributed by atoms with Crippen LogP contribution in [-0.2, 0) is 22.9 Å². The summed E-state index contributed by atoms with van der Waals surface area (Å²) in [6.45, 7) is 2.88. The van der Waals surface area contributed by atoms with Crippen LogP contribution in [0.2, 0.25) is 0 Å². The highest BCUT2D eigenvalue weighted by atomic mass is 35.5. The summed E-state index contributed by atoms with van der Waals surface area (Å²) in [5.41, 5.74) is 3.13. The van der Waals surface area contributed by atoms with Gasteiger partial charge in [-0.25, -0.2) is 18.1 Å². The summed E-state index contributed by atoms with van der Waals surface area (Å²) in [5, 5.41) is 1.93. The van der Waals surface area contributed by atoms with Crippen molar-refractivity contribution in [1.82, 2.24) is 9.73 Å². The molecule has 2 aliphatic rings. The maximum atomic E-state index is 12.5. The molecular formula is C22H30ClN3O3S. The van der Waals surface area contributed by atoms with Gasteiger partial charge < -0.3 is 4.74 Å². The van der Waals surface area contributed by atoms with Crippen LogP contribution in [0.25, 0.3) is 0 Å². The number of nitrogens with zero attached hydrogens (tertiary/aromatic N) is 1. The van der Waals surface area contributed by atoms with E-state index in [-0.39, 0.29) is 30.5 Å². The lowest BCUT2D eigenvalue weighted by Crippen LogP contribution is -2.44. The molecule has 0 aromatic heterocycles. The molecular weight excluding hydrogens is 422 g/mol. The Morgan fingerprint density at radius 3 is 2.67 bits per heavy atom. The van der Waals surface area contributed by atoms with E-state index in [0.29, 0.717) is 4.90 Å². The second-order valence-electron chi connectivity index (χ2n) is 8.11. The molecule has 1 unspecified atom stereocenters. The Hall–Kier alpha value is -1.64. The third-order valence-electron chi connectivity index (χ3n) is 6.04. The zero-order chi connectivity index (χ0) is 20.6. The number of ether oxygens (including phenoxy) is 1. The number of halogens is 1. The van der Waals surface area contributed by atoms with E-state index in [2.05, 4.69) is 16.9 Å². The van der Waals surface area contributed by atoms with Crippen molar-refractivity contribution in [3.63, 3.8) is 0 Å². The average Bonchev–Trinajstić information content (AvgIpc) is 3.09. The third-order valence-corrected chi connectivity index (χ3v) is 7.43. The summed E-state index contributed by atoms with van der Waals surface area (Å²) >= 11 is 0. The van der Waals surface area contributed by atoms with Crippen LogP contribution in [0.5, 0.6) is 5.75 Å². The first-order chi connectivity index (χ1) is 13.9. The van der Waals surface area contributed by atoms with Crippen molar-refractivity contribution in [2.75, 3.05) is 13.6 Å². The molecule has 0 radical (unpaired) electrons. The zero-order valence-corrected chi connectivity index (χ0v) is 19.0. The Kier molecular flexibility index (Phi) is 7.09. The van der Waals surface area contributed by atoms with Gasteiger partial charge in [-0.05, 0) is 68.0 Å². The van der Waals surface area contributed by atoms with E-state index >= 15 is 0 Å². The molecule has 1 fully saturated rings. The van der Waals surface area contributed by atoms with Crippen molar-refractivity contribution in [3.05, 3.63) is 59.2 Å². The van der Waals surface area contributed by atoms with Crippen LogP contribution in [0.1, 0.15) is 42.5 Å². The molecule has 0 aliphatic carbocycles. The molecule has 2 aliphatic heterocycles. The predicted molar refractivity (Wildman–Crippen MR) is 120 cm³/mol. The molecule has 1 saturated heterocycles. The topological polar surface area (TPSA) is 84.7 Å². The van der Waals surface area contributed by atoms with Crippen LogP contribution >= 0.6 is 12.4 Å². The van der Waals surface area contributed by atoms with E-state index in [1.54, 1.807) is 12.1 Å². The lowest BCUT2D eigenvalue weighted by Gasteiger charge is -2.39. The second-order valence-corrected chi connectivity index (χ2v) is 10.00. The van der Waals surface area contributed by atoms with E-state index in [4.69, 9.17) is 10.6 Å². The number of benzene rings is 2. The van der Waals surface area contributed by atoms with Crippen LogP contribution in [-0.4, -0.2) is 33.1 Å². The number of fused-ring (bicyclic) bond motifs is 1. The number of nitrogens with two attached hydrogens (primary N) is 1. The van der Waals surface area contributed by atoms with Gasteiger partial charge in [-0.3, -0.25) is 5.84 Å². The minimum absolute atomic E-state index is 0. The first kappa shape index (κ1) is 23.0. The molecule has 6 nitrogen and oxygen atoms in total. The van der Waals surface area contributed by atoms with Gasteiger partial charge in [0.2, 0.25) is 10.0 Å². The number of rotatable bonds is 5. The summed E-state index contributed by atoms with van der Waals surface area (Å²) in [7, 11) is -2.07. The SMILES string of the molecule is CNS(=O)(=O)c1cc(C[C@@H]2CCCN(N)C2c2ccccc2)c2c(c1)C[C@H](C)O2.Cl. The molecule has 164 valence electrons. The Balaban J connectivity index is 0.00000256. The lowest BCUT2D eigenvalue weighted by molar-refractivity contribution is 0.0920. The van der Waals surface area contributed by atoms with Gasteiger partial charge in [-0.1, -0.05) is 30.3 Å². The Morgan fingerprint density at radius 2 is 1.97 bits per heavy atom. The van der Waals surface area contributed by atoms with Gasteiger partial charge in [-0.2, -0.15) is 0 Å². The highest BCUT2D eigenvalue weighted by Crippen LogP contribution is 2.41. The summed E-state index contributed by atoms with van der Waals surface area (Å²) in [4.78, 5) is 0.308. The number of piperidine rings is 1. The zero-order valence-electron chi connectivity index (χ0n) is 17.4. The number of hydrogen-bond donors (Lipinski definition) is 2. The largest absolute Gasteiger partial charge is 0.490 e. The minimum atomic E-state index is -3.52. The van der Waals surface area contributed by atoms with Gasteiger partial charge in [0.1, 0.15) is 11.9 Å². The van der Waals surface area contributed by atoms with Gasteiger partial charge >= 0.3 is 0 Å². The van der Waals surface area contributed by atoms with Crippen molar-refractivity contribution < 1.29 is 13.2 Å². The Morgan fingerprint density at radius 1 is 1.23 bits per heavy atom. The maximum Gasteiger partial charge on any atom is 0.240 e. The Bertz CT molecular complexity index is 985. The number of hydrazine groups is 1. The number of nitrogens with one attached hydrogen (secondary N) is 1. The van der Waals surface area contributed by atoms with E-state index < -0.39 is 10.0 Å². The van der Waals surface area contributed by atoms with Crippen molar-refractivity contribution in [1.29, 1.82) is 0 Å². The molecule has 2 aromatic carbocycles. The molecule has 3 atom stereocenters. The summed E-state index contributed by atoms with van der Waals surface area (Å²) in [5.74, 6) is 7.55. The molecule has 2 aromatic rings. The number of hydrogen-bond acceptors (Lipinski definition) is 5. The van der Waals surface area contributed by atoms with Crippen LogP contribution in [0.4, 0.5) is 0 Å². The maximum absolute atomic E-state index is 12.5. The highest BCUT2D eigenvalue weighted by Gasteiger charge is 2.34. The predicted octanol–water partition coefficient (Wildman–Crippen LogP) is 3.21. The summed E-state index contributed by atoms with van der Waals surface area (Å²) < 4.78 is 33.5. The van der Waals surface area contributed by atoms with Crippen molar-refractivity contribution in [3.8, 4) is 5.75 Å². The van der Waals surface area contributed by atoms with E-state index in [1.165, 1.54) is 12.6 Å². The smallest absolute Gasteiger partial charge is 0.240 e. The molecule has 30 heavy (non-hydrogen) atoms. The molecule has 0 amide bonds. The van der Waals surface area contributed by atoms with Gasteiger partial charge in [-0.15, -0.1) is 12.4 Å². The fraction of sp³-hybridized carbons (Fsp3) is 0.455. The average molecular weight is 452 g/mol. The molecule has 0 bridgehead atoms. The minimum Gasteiger partial charge on any atom is -0.490 e. The molecule has 0 spiro atoms. The van der Waals surface area contributed by atoms with Gasteiger partial charge in [0, 0.05) is 13.0 Å². The third kappa shape index (κ3) is 4.50. The lowest BCUT2D eigenvalue weighted by atomic mass is 9.81. The summed E-state index contributed by atoms with van der Waals surface area (Å²) in [6.07, 6.45) is 3.58. The molecule has 2 heterocycles. The quantitative estimate of drug-likeness (QED) is 0.682. The van der Waals surface area contributed by atoms with E-state index in [9.17, 15) is 8.42 Å².